The molecule has 0 unspecified atom stereocenters. The van der Waals surface area contributed by atoms with E-state index in [0.717, 1.165) is 18.3 Å². The number of aldehydes is 1. The third-order valence-corrected chi connectivity index (χ3v) is 3.20. The highest BCUT2D eigenvalue weighted by molar-refractivity contribution is 5.88. The first-order valence-corrected chi connectivity index (χ1v) is 6.43. The van der Waals surface area contributed by atoms with Gasteiger partial charge in [-0.2, -0.15) is 0 Å². The molecule has 0 saturated carbocycles. The number of carbonyl (C=O) groups is 1. The molecule has 2 aromatic carbocycles. The first-order valence-electron chi connectivity index (χ1n) is 6.43. The fraction of sp³-hybridized carbons (Fsp3) is 0.188. The molecule has 1 aliphatic rings. The van der Waals surface area contributed by atoms with Crippen molar-refractivity contribution in [2.75, 3.05) is 13.2 Å². The molecular weight excluding hydrogens is 259 g/mol. The Labute approximate surface area is 115 Å². The summed E-state index contributed by atoms with van der Waals surface area (Å²) in [5.74, 6) is 0.925. The summed E-state index contributed by atoms with van der Waals surface area (Å²) in [7, 11) is 0. The molecule has 0 radical (unpaired) electrons. The van der Waals surface area contributed by atoms with Crippen LogP contribution >= 0.6 is 0 Å². The van der Waals surface area contributed by atoms with Gasteiger partial charge in [0.15, 0.2) is 17.8 Å². The lowest BCUT2D eigenvalue weighted by molar-refractivity contribution is 0.112. The van der Waals surface area contributed by atoms with Gasteiger partial charge in [-0.1, -0.05) is 6.07 Å². The third kappa shape index (κ3) is 2.37. The van der Waals surface area contributed by atoms with Crippen LogP contribution in [0.15, 0.2) is 36.4 Å². The van der Waals surface area contributed by atoms with Crippen molar-refractivity contribution in [2.24, 2.45) is 0 Å². The fourth-order valence-corrected chi connectivity index (χ4v) is 2.21. The zero-order valence-electron chi connectivity index (χ0n) is 10.8. The monoisotopic (exact) mass is 272 g/mol. The van der Waals surface area contributed by atoms with Gasteiger partial charge in [-0.3, -0.25) is 4.79 Å². The summed E-state index contributed by atoms with van der Waals surface area (Å²) in [5.41, 5.74) is 1.73. The molecule has 0 atom stereocenters. The fourth-order valence-electron chi connectivity index (χ4n) is 2.21. The average Bonchev–Trinajstić information content (AvgIpc) is 2.71. The summed E-state index contributed by atoms with van der Waals surface area (Å²) >= 11 is 0. The molecule has 0 bridgehead atoms. The topological polar surface area (TPSA) is 35.5 Å². The predicted molar refractivity (Wildman–Crippen MR) is 72.8 cm³/mol. The summed E-state index contributed by atoms with van der Waals surface area (Å²) in [6.07, 6.45) is 1.54. The van der Waals surface area contributed by atoms with Crippen molar-refractivity contribution in [2.45, 2.75) is 6.42 Å². The van der Waals surface area contributed by atoms with Crippen molar-refractivity contribution in [3.8, 4) is 22.6 Å². The Balaban J connectivity index is 2.09. The standard InChI is InChI=1S/C16H13FO3/c17-13-4-2-12(10-18)14(9-13)11-3-5-15-16(8-11)20-7-1-6-19-15/h2-5,8-10H,1,6-7H2. The molecule has 4 heteroatoms. The molecule has 0 aromatic heterocycles. The lowest BCUT2D eigenvalue weighted by atomic mass is 10.00. The maximum Gasteiger partial charge on any atom is 0.161 e. The minimum Gasteiger partial charge on any atom is -0.490 e. The Bertz CT molecular complexity index is 652. The number of ether oxygens (including phenoxy) is 2. The van der Waals surface area contributed by atoms with Crippen LogP contribution < -0.4 is 9.47 Å². The summed E-state index contributed by atoms with van der Waals surface area (Å²) in [6, 6.07) is 9.47. The molecule has 2 aromatic rings. The Morgan fingerprint density at radius 2 is 1.80 bits per heavy atom. The molecule has 1 aliphatic heterocycles. The second kappa shape index (κ2) is 5.33. The van der Waals surface area contributed by atoms with Crippen molar-refractivity contribution in [3.05, 3.63) is 47.8 Å². The van der Waals surface area contributed by atoms with E-state index in [1.807, 2.05) is 0 Å². The van der Waals surface area contributed by atoms with Gasteiger partial charge < -0.3 is 9.47 Å². The summed E-state index contributed by atoms with van der Waals surface area (Å²) in [4.78, 5) is 11.1. The van der Waals surface area contributed by atoms with Gasteiger partial charge in [0, 0.05) is 12.0 Å². The van der Waals surface area contributed by atoms with Crippen LogP contribution in [0, 0.1) is 5.82 Å². The van der Waals surface area contributed by atoms with Gasteiger partial charge >= 0.3 is 0 Å². The molecular formula is C16H13FO3. The number of rotatable bonds is 2. The van der Waals surface area contributed by atoms with Crippen LogP contribution in [-0.4, -0.2) is 19.5 Å². The minimum atomic E-state index is -0.377. The van der Waals surface area contributed by atoms with Gasteiger partial charge in [0.2, 0.25) is 0 Å². The predicted octanol–water partition coefficient (Wildman–Crippen LogP) is 3.47. The van der Waals surface area contributed by atoms with Crippen LogP contribution in [-0.2, 0) is 0 Å². The van der Waals surface area contributed by atoms with Crippen molar-refractivity contribution in [3.63, 3.8) is 0 Å². The van der Waals surface area contributed by atoms with E-state index in [1.165, 1.54) is 18.2 Å². The number of carbonyl (C=O) groups excluding carboxylic acids is 1. The zero-order chi connectivity index (χ0) is 13.9. The molecule has 0 spiro atoms. The molecule has 0 saturated heterocycles. The van der Waals surface area contributed by atoms with E-state index in [4.69, 9.17) is 9.47 Å². The van der Waals surface area contributed by atoms with E-state index in [2.05, 4.69) is 0 Å². The van der Waals surface area contributed by atoms with E-state index < -0.39 is 0 Å². The quantitative estimate of drug-likeness (QED) is 0.785. The SMILES string of the molecule is O=Cc1ccc(F)cc1-c1ccc2c(c1)OCCCO2. The average molecular weight is 272 g/mol. The molecule has 0 aliphatic carbocycles. The molecule has 0 N–H and O–H groups in total. The van der Waals surface area contributed by atoms with E-state index in [9.17, 15) is 9.18 Å². The van der Waals surface area contributed by atoms with Crippen LogP contribution in [0.2, 0.25) is 0 Å². The number of fused-ring (bicyclic) bond motifs is 1. The number of halogens is 1. The number of hydrogen-bond donors (Lipinski definition) is 0. The number of benzene rings is 2. The molecule has 1 heterocycles. The van der Waals surface area contributed by atoms with Crippen molar-refractivity contribution >= 4 is 6.29 Å². The second-order valence-corrected chi connectivity index (χ2v) is 4.56. The highest BCUT2D eigenvalue weighted by Gasteiger charge is 2.13. The Kier molecular flexibility index (Phi) is 3.37. The van der Waals surface area contributed by atoms with Gasteiger partial charge in [-0.25, -0.2) is 4.39 Å². The lowest BCUT2D eigenvalue weighted by Gasteiger charge is -2.11. The number of hydrogen-bond acceptors (Lipinski definition) is 3. The Morgan fingerprint density at radius 3 is 2.60 bits per heavy atom. The van der Waals surface area contributed by atoms with E-state index in [1.54, 1.807) is 18.2 Å². The highest BCUT2D eigenvalue weighted by atomic mass is 19.1. The van der Waals surface area contributed by atoms with Crippen LogP contribution in [0.5, 0.6) is 11.5 Å². The third-order valence-electron chi connectivity index (χ3n) is 3.20. The summed E-state index contributed by atoms with van der Waals surface area (Å²) in [5, 5.41) is 0. The van der Waals surface area contributed by atoms with Gasteiger partial charge in [-0.15, -0.1) is 0 Å². The maximum absolute atomic E-state index is 13.4. The van der Waals surface area contributed by atoms with Crippen LogP contribution in [0.3, 0.4) is 0 Å². The van der Waals surface area contributed by atoms with E-state index in [0.29, 0.717) is 35.8 Å². The largest absolute Gasteiger partial charge is 0.490 e. The van der Waals surface area contributed by atoms with Crippen LogP contribution in [0.4, 0.5) is 4.39 Å². The van der Waals surface area contributed by atoms with Gasteiger partial charge in [0.1, 0.15) is 5.82 Å². The highest BCUT2D eigenvalue weighted by Crippen LogP contribution is 2.35. The zero-order valence-corrected chi connectivity index (χ0v) is 10.8. The first-order chi connectivity index (χ1) is 9.78. The molecule has 20 heavy (non-hydrogen) atoms. The lowest BCUT2D eigenvalue weighted by Crippen LogP contribution is -1.97. The molecule has 0 fully saturated rings. The van der Waals surface area contributed by atoms with Crippen molar-refractivity contribution in [1.29, 1.82) is 0 Å². The minimum absolute atomic E-state index is 0.377. The van der Waals surface area contributed by atoms with Gasteiger partial charge in [0.25, 0.3) is 0 Å². The molecule has 3 rings (SSSR count). The van der Waals surface area contributed by atoms with Gasteiger partial charge in [-0.05, 0) is 41.5 Å². The normalized spacial score (nSPS) is 13.7. The summed E-state index contributed by atoms with van der Waals surface area (Å²) < 4.78 is 24.6. The first kappa shape index (κ1) is 12.7. The van der Waals surface area contributed by atoms with Crippen molar-refractivity contribution < 1.29 is 18.7 Å². The second-order valence-electron chi connectivity index (χ2n) is 4.56. The Hall–Kier alpha value is -2.36. The van der Waals surface area contributed by atoms with Crippen molar-refractivity contribution in [1.82, 2.24) is 0 Å². The smallest absolute Gasteiger partial charge is 0.161 e. The molecule has 3 nitrogen and oxygen atoms in total. The maximum atomic E-state index is 13.4. The van der Waals surface area contributed by atoms with Crippen LogP contribution in [0.25, 0.3) is 11.1 Å². The van der Waals surface area contributed by atoms with Crippen LogP contribution in [0.1, 0.15) is 16.8 Å². The van der Waals surface area contributed by atoms with E-state index in [-0.39, 0.29) is 5.82 Å². The molecule has 0 amide bonds. The Morgan fingerprint density at radius 1 is 1.00 bits per heavy atom. The van der Waals surface area contributed by atoms with E-state index >= 15 is 0 Å². The summed E-state index contributed by atoms with van der Waals surface area (Å²) in [6.45, 7) is 1.20. The molecule has 102 valence electrons. The van der Waals surface area contributed by atoms with Gasteiger partial charge in [0.05, 0.1) is 13.2 Å².